The Morgan fingerprint density at radius 3 is 2.66 bits per heavy atom. The molecular weight excluding hydrogens is 370 g/mol. The van der Waals surface area contributed by atoms with Gasteiger partial charge in [0.25, 0.3) is 5.91 Å². The lowest BCUT2D eigenvalue weighted by atomic mass is 9.96. The van der Waals surface area contributed by atoms with Gasteiger partial charge in [-0.15, -0.1) is 0 Å². The first kappa shape index (κ1) is 20.5. The molecule has 2 N–H and O–H groups in total. The molecule has 6 heteroatoms. The molecular formula is C23H25NO5. The quantitative estimate of drug-likeness (QED) is 0.564. The van der Waals surface area contributed by atoms with Crippen LogP contribution in [-0.2, 0) is 20.7 Å². The summed E-state index contributed by atoms with van der Waals surface area (Å²) in [6.45, 7) is 4.11. The van der Waals surface area contributed by atoms with Crippen molar-refractivity contribution in [2.45, 2.75) is 38.7 Å². The number of benzene rings is 2. The molecule has 152 valence electrons. The van der Waals surface area contributed by atoms with Crippen molar-refractivity contribution in [3.8, 4) is 5.75 Å². The smallest absolute Gasteiger partial charge is 0.311 e. The number of ether oxygens (including phenoxy) is 1. The number of aromatic hydroxyl groups is 1. The van der Waals surface area contributed by atoms with Gasteiger partial charge in [0.1, 0.15) is 11.3 Å². The van der Waals surface area contributed by atoms with Gasteiger partial charge >= 0.3 is 5.97 Å². The van der Waals surface area contributed by atoms with E-state index >= 15 is 0 Å². The summed E-state index contributed by atoms with van der Waals surface area (Å²) >= 11 is 0. The van der Waals surface area contributed by atoms with Gasteiger partial charge in [0.15, 0.2) is 6.10 Å². The normalized spacial score (nSPS) is 13.0. The third-order valence-corrected chi connectivity index (χ3v) is 4.94. The molecule has 0 aliphatic carbocycles. The number of hydrogen-bond acceptors (Lipinski definition) is 5. The number of phenols is 1. The van der Waals surface area contributed by atoms with E-state index in [1.54, 1.807) is 13.0 Å². The predicted molar refractivity (Wildman–Crippen MR) is 110 cm³/mol. The molecule has 29 heavy (non-hydrogen) atoms. The number of esters is 1. The second kappa shape index (κ2) is 9.28. The van der Waals surface area contributed by atoms with Crippen molar-refractivity contribution in [3.63, 3.8) is 0 Å². The van der Waals surface area contributed by atoms with E-state index in [-0.39, 0.29) is 24.0 Å². The van der Waals surface area contributed by atoms with Crippen LogP contribution in [-0.4, -0.2) is 29.6 Å². The maximum Gasteiger partial charge on any atom is 0.311 e. The molecule has 0 saturated carbocycles. The first-order chi connectivity index (χ1) is 14.0. The van der Waals surface area contributed by atoms with Gasteiger partial charge in [-0.3, -0.25) is 9.59 Å². The van der Waals surface area contributed by atoms with Crippen molar-refractivity contribution < 1.29 is 23.8 Å². The van der Waals surface area contributed by atoms with E-state index in [9.17, 15) is 14.7 Å². The highest BCUT2D eigenvalue weighted by molar-refractivity contribution is 5.88. The van der Waals surface area contributed by atoms with Crippen LogP contribution >= 0.6 is 0 Å². The summed E-state index contributed by atoms with van der Waals surface area (Å²) in [4.78, 5) is 24.6. The summed E-state index contributed by atoms with van der Waals surface area (Å²) in [6.07, 6.45) is 1.44. The first-order valence-corrected chi connectivity index (χ1v) is 9.69. The number of carbonyl (C=O) groups is 2. The molecule has 0 bridgehead atoms. The Labute approximate surface area is 169 Å². The minimum atomic E-state index is -0.891. The summed E-state index contributed by atoms with van der Waals surface area (Å²) in [7, 11) is 0. The average molecular weight is 395 g/mol. The molecule has 0 saturated heterocycles. The predicted octanol–water partition coefficient (Wildman–Crippen LogP) is 3.92. The van der Waals surface area contributed by atoms with Gasteiger partial charge in [-0.05, 0) is 31.0 Å². The summed E-state index contributed by atoms with van der Waals surface area (Å²) in [5.41, 5.74) is 2.30. The zero-order valence-corrected chi connectivity index (χ0v) is 16.6. The van der Waals surface area contributed by atoms with Crippen LogP contribution in [0.5, 0.6) is 5.75 Å². The fraction of sp³-hybridized carbons (Fsp3) is 0.304. The van der Waals surface area contributed by atoms with E-state index in [0.29, 0.717) is 17.7 Å². The maximum atomic E-state index is 12.3. The molecule has 0 unspecified atom stereocenters. The third-order valence-electron chi connectivity index (χ3n) is 4.94. The highest BCUT2D eigenvalue weighted by atomic mass is 16.5. The van der Waals surface area contributed by atoms with Gasteiger partial charge in [0.05, 0.1) is 12.7 Å². The Morgan fingerprint density at radius 2 is 1.93 bits per heavy atom. The van der Waals surface area contributed by atoms with Gasteiger partial charge in [-0.25, -0.2) is 0 Å². The second-order valence-electron chi connectivity index (χ2n) is 7.01. The van der Waals surface area contributed by atoms with E-state index < -0.39 is 12.1 Å². The van der Waals surface area contributed by atoms with E-state index in [0.717, 1.165) is 17.4 Å². The largest absolute Gasteiger partial charge is 0.508 e. The first-order valence-electron chi connectivity index (χ1n) is 9.69. The Balaban J connectivity index is 1.52. The van der Waals surface area contributed by atoms with Gasteiger partial charge in [0.2, 0.25) is 0 Å². The maximum absolute atomic E-state index is 12.3. The molecule has 1 amide bonds. The number of nitrogens with one attached hydrogen (secondary N) is 1. The van der Waals surface area contributed by atoms with Crippen LogP contribution < -0.4 is 5.32 Å². The van der Waals surface area contributed by atoms with E-state index in [4.69, 9.17) is 9.15 Å². The van der Waals surface area contributed by atoms with Crippen molar-refractivity contribution in [3.05, 3.63) is 65.9 Å². The van der Waals surface area contributed by atoms with Crippen LogP contribution in [0, 0.1) is 0 Å². The third kappa shape index (κ3) is 5.16. The Morgan fingerprint density at radius 1 is 1.17 bits per heavy atom. The van der Waals surface area contributed by atoms with Crippen LogP contribution in [0.1, 0.15) is 37.3 Å². The lowest BCUT2D eigenvalue weighted by molar-refractivity contribution is -0.154. The minimum absolute atomic E-state index is 0.0169. The molecule has 0 aliphatic heterocycles. The molecule has 1 heterocycles. The van der Waals surface area contributed by atoms with Crippen LogP contribution in [0.4, 0.5) is 0 Å². The summed E-state index contributed by atoms with van der Waals surface area (Å²) in [6, 6.07) is 14.7. The fourth-order valence-electron chi connectivity index (χ4n) is 3.25. The van der Waals surface area contributed by atoms with Crippen LogP contribution in [0.15, 0.2) is 59.2 Å². The lowest BCUT2D eigenvalue weighted by Gasteiger charge is -2.18. The van der Waals surface area contributed by atoms with E-state index in [1.165, 1.54) is 18.4 Å². The molecule has 2 atom stereocenters. The van der Waals surface area contributed by atoms with Crippen LogP contribution in [0.25, 0.3) is 11.0 Å². The highest BCUT2D eigenvalue weighted by Crippen LogP contribution is 2.25. The van der Waals surface area contributed by atoms with Gasteiger partial charge in [0, 0.05) is 29.5 Å². The van der Waals surface area contributed by atoms with Crippen LogP contribution in [0.2, 0.25) is 0 Å². The Bertz CT molecular complexity index is 979. The number of rotatable bonds is 8. The second-order valence-corrected chi connectivity index (χ2v) is 7.01. The number of furan rings is 1. The number of hydrogen-bond donors (Lipinski definition) is 2. The Hall–Kier alpha value is -3.28. The van der Waals surface area contributed by atoms with Crippen molar-refractivity contribution >= 4 is 22.8 Å². The summed E-state index contributed by atoms with van der Waals surface area (Å²) in [5, 5.41) is 13.1. The van der Waals surface area contributed by atoms with Crippen molar-refractivity contribution in [1.29, 1.82) is 0 Å². The molecule has 1 aromatic heterocycles. The zero-order valence-electron chi connectivity index (χ0n) is 16.6. The minimum Gasteiger partial charge on any atom is -0.508 e. The SMILES string of the molecule is CC[C@@H](CNC(=O)[C@@H](C)OC(=O)Cc1coc2cc(O)ccc12)c1ccccc1. The van der Waals surface area contributed by atoms with Gasteiger partial charge in [-0.1, -0.05) is 37.3 Å². The van der Waals surface area contributed by atoms with Crippen molar-refractivity contribution in [1.82, 2.24) is 5.32 Å². The molecule has 0 aliphatic rings. The molecule has 0 spiro atoms. The summed E-state index contributed by atoms with van der Waals surface area (Å²) < 4.78 is 10.6. The Kier molecular flexibility index (Phi) is 6.54. The highest BCUT2D eigenvalue weighted by Gasteiger charge is 2.20. The molecule has 0 fully saturated rings. The van der Waals surface area contributed by atoms with E-state index in [2.05, 4.69) is 12.2 Å². The topological polar surface area (TPSA) is 88.8 Å². The molecule has 3 aromatic rings. The standard InChI is InChI=1S/C23H25NO5/c1-3-16(17-7-5-4-6-8-17)13-24-23(27)15(2)29-22(26)11-18-14-28-21-12-19(25)9-10-20(18)21/h4-10,12,14-16,25H,3,11,13H2,1-2H3,(H,24,27)/t15-,16+/m1/s1. The molecule has 0 radical (unpaired) electrons. The monoisotopic (exact) mass is 395 g/mol. The zero-order chi connectivity index (χ0) is 20.8. The summed E-state index contributed by atoms with van der Waals surface area (Å²) in [5.74, 6) is -0.544. The molecule has 2 aromatic carbocycles. The number of carbonyl (C=O) groups excluding carboxylic acids is 2. The van der Waals surface area contributed by atoms with Crippen molar-refractivity contribution in [2.75, 3.05) is 6.54 Å². The number of phenolic OH excluding ortho intramolecular Hbond substituents is 1. The molecule has 6 nitrogen and oxygen atoms in total. The average Bonchev–Trinajstić information content (AvgIpc) is 3.10. The van der Waals surface area contributed by atoms with Crippen molar-refractivity contribution in [2.24, 2.45) is 0 Å². The molecule has 3 rings (SSSR count). The number of fused-ring (bicyclic) bond motifs is 1. The van der Waals surface area contributed by atoms with Gasteiger partial charge in [-0.2, -0.15) is 0 Å². The number of amides is 1. The fourth-order valence-corrected chi connectivity index (χ4v) is 3.25. The van der Waals surface area contributed by atoms with Gasteiger partial charge < -0.3 is 19.6 Å². The van der Waals surface area contributed by atoms with Crippen LogP contribution in [0.3, 0.4) is 0 Å². The lowest BCUT2D eigenvalue weighted by Crippen LogP contribution is -2.38. The van der Waals surface area contributed by atoms with E-state index in [1.807, 2.05) is 30.3 Å².